The predicted molar refractivity (Wildman–Crippen MR) is 136 cm³/mol. The molecule has 1 amide bonds. The van der Waals surface area contributed by atoms with Gasteiger partial charge in [-0.25, -0.2) is 0 Å². The molecule has 0 saturated carbocycles. The first-order valence-electron chi connectivity index (χ1n) is 11.0. The van der Waals surface area contributed by atoms with Gasteiger partial charge in [0.05, 0.1) is 11.7 Å². The van der Waals surface area contributed by atoms with Crippen LogP contribution in [0.25, 0.3) is 0 Å². The molecule has 1 aliphatic rings. The van der Waals surface area contributed by atoms with Crippen molar-refractivity contribution in [2.45, 2.75) is 25.6 Å². The Hall–Kier alpha value is -4.04. The molecule has 170 valence electrons. The minimum Gasteiger partial charge on any atom is -0.351 e. The summed E-state index contributed by atoms with van der Waals surface area (Å²) in [7, 11) is 0. The number of anilines is 2. The number of carbonyl (C=O) groups excluding carboxylic acids is 1. The quantitative estimate of drug-likeness (QED) is 0.407. The van der Waals surface area contributed by atoms with Crippen LogP contribution in [-0.4, -0.2) is 25.6 Å². The average molecular weight is 469 g/mol. The number of benzene rings is 1. The summed E-state index contributed by atoms with van der Waals surface area (Å²) >= 11 is 5.82. The summed E-state index contributed by atoms with van der Waals surface area (Å²) in [6.07, 6.45) is 7.55. The van der Waals surface area contributed by atoms with Gasteiger partial charge in [-0.05, 0) is 72.4 Å². The van der Waals surface area contributed by atoms with Gasteiger partial charge in [0.25, 0.3) is 0 Å². The highest BCUT2D eigenvalue weighted by Gasteiger charge is 2.42. The fraction of sp³-hybridized carbons (Fsp3) is 0.154. The third-order valence-corrected chi connectivity index (χ3v) is 6.12. The molecule has 2 N–H and O–H groups in total. The Kier molecular flexibility index (Phi) is 6.05. The molecule has 0 radical (unpaired) electrons. The maximum absolute atomic E-state index is 11.4. The number of rotatable bonds is 6. The fourth-order valence-corrected chi connectivity index (χ4v) is 4.72. The summed E-state index contributed by atoms with van der Waals surface area (Å²) in [5, 5.41) is 6.94. The van der Waals surface area contributed by atoms with Crippen LogP contribution >= 0.6 is 12.2 Å². The molecule has 3 aromatic heterocycles. The van der Waals surface area contributed by atoms with Crippen LogP contribution in [0.15, 0.2) is 91.5 Å². The number of aromatic nitrogens is 3. The van der Waals surface area contributed by atoms with E-state index in [1.54, 1.807) is 12.4 Å². The largest absolute Gasteiger partial charge is 0.351 e. The second-order valence-corrected chi connectivity index (χ2v) is 8.53. The highest BCUT2D eigenvalue weighted by atomic mass is 32.1. The number of carbonyl (C=O) groups is 1. The van der Waals surface area contributed by atoms with E-state index in [1.165, 1.54) is 6.92 Å². The molecule has 7 nitrogen and oxygen atoms in total. The van der Waals surface area contributed by atoms with Crippen molar-refractivity contribution in [3.63, 3.8) is 0 Å². The van der Waals surface area contributed by atoms with E-state index in [1.807, 2.05) is 54.7 Å². The summed E-state index contributed by atoms with van der Waals surface area (Å²) in [5.41, 5.74) is 4.82. The zero-order valence-electron chi connectivity index (χ0n) is 18.6. The van der Waals surface area contributed by atoms with Crippen LogP contribution in [0.2, 0.25) is 0 Å². The van der Waals surface area contributed by atoms with E-state index in [-0.39, 0.29) is 18.0 Å². The molecular formula is C26H24N6OS. The topological polar surface area (TPSA) is 75.1 Å². The van der Waals surface area contributed by atoms with Gasteiger partial charge >= 0.3 is 0 Å². The van der Waals surface area contributed by atoms with Gasteiger partial charge in [0, 0.05) is 55.3 Å². The fourth-order valence-electron chi connectivity index (χ4n) is 4.37. The Morgan fingerprint density at radius 2 is 1.91 bits per heavy atom. The van der Waals surface area contributed by atoms with Gasteiger partial charge in [-0.2, -0.15) is 0 Å². The Balaban J connectivity index is 1.56. The summed E-state index contributed by atoms with van der Waals surface area (Å²) in [4.78, 5) is 22.5. The number of amides is 1. The van der Waals surface area contributed by atoms with Crippen LogP contribution < -0.4 is 15.5 Å². The molecule has 1 saturated heterocycles. The Labute approximate surface area is 203 Å². The SMILES string of the molecule is CC(=O)Nc1ccc(N2C(=S)N[C@H](c3ccccn3)[C@H]2c2cccn2Cc2cccnc2)cc1. The molecule has 2 atom stereocenters. The second-order valence-electron chi connectivity index (χ2n) is 8.15. The molecule has 5 rings (SSSR count). The van der Waals surface area contributed by atoms with E-state index in [4.69, 9.17) is 12.2 Å². The predicted octanol–water partition coefficient (Wildman–Crippen LogP) is 4.46. The van der Waals surface area contributed by atoms with E-state index >= 15 is 0 Å². The smallest absolute Gasteiger partial charge is 0.221 e. The van der Waals surface area contributed by atoms with Crippen LogP contribution in [0.1, 0.15) is 36.0 Å². The van der Waals surface area contributed by atoms with Crippen molar-refractivity contribution in [1.29, 1.82) is 0 Å². The van der Waals surface area contributed by atoms with Gasteiger partial charge in [-0.3, -0.25) is 14.8 Å². The van der Waals surface area contributed by atoms with Crippen molar-refractivity contribution in [2.75, 3.05) is 10.2 Å². The molecule has 1 aromatic carbocycles. The Bertz CT molecular complexity index is 1290. The number of hydrogen-bond donors (Lipinski definition) is 2. The molecule has 0 aliphatic carbocycles. The van der Waals surface area contributed by atoms with Crippen LogP contribution in [0.3, 0.4) is 0 Å². The Morgan fingerprint density at radius 3 is 2.62 bits per heavy atom. The molecular weight excluding hydrogens is 444 g/mol. The lowest BCUT2D eigenvalue weighted by atomic mass is 10.0. The molecule has 1 fully saturated rings. The van der Waals surface area contributed by atoms with Crippen molar-refractivity contribution >= 4 is 34.6 Å². The third kappa shape index (κ3) is 4.40. The standard InChI is InChI=1S/C26H24N6OS/c1-18(33)29-20-9-11-21(12-10-20)32-25(24(30-26(32)34)22-7-2-3-14-28-22)23-8-5-15-31(23)17-19-6-4-13-27-16-19/h2-16,24-25H,17H2,1H3,(H,29,33)(H,30,34)/t24-,25-/m1/s1. The molecule has 34 heavy (non-hydrogen) atoms. The number of pyridine rings is 2. The van der Waals surface area contributed by atoms with Crippen LogP contribution in [0, 0.1) is 0 Å². The molecule has 8 heteroatoms. The van der Waals surface area contributed by atoms with Crippen LogP contribution in [0.5, 0.6) is 0 Å². The number of nitrogens with zero attached hydrogens (tertiary/aromatic N) is 4. The van der Waals surface area contributed by atoms with Crippen molar-refractivity contribution in [2.24, 2.45) is 0 Å². The number of thiocarbonyl (C=S) groups is 1. The molecule has 0 bridgehead atoms. The number of hydrogen-bond acceptors (Lipinski definition) is 4. The highest BCUT2D eigenvalue weighted by Crippen LogP contribution is 2.41. The summed E-state index contributed by atoms with van der Waals surface area (Å²) < 4.78 is 2.23. The summed E-state index contributed by atoms with van der Waals surface area (Å²) in [5.74, 6) is -0.104. The highest BCUT2D eigenvalue weighted by molar-refractivity contribution is 7.80. The maximum atomic E-state index is 11.4. The zero-order valence-corrected chi connectivity index (χ0v) is 19.4. The van der Waals surface area contributed by atoms with Gasteiger partial charge in [0.1, 0.15) is 6.04 Å². The van der Waals surface area contributed by atoms with Crippen molar-refractivity contribution in [1.82, 2.24) is 19.9 Å². The Morgan fingerprint density at radius 1 is 1.06 bits per heavy atom. The average Bonchev–Trinajstić information content (AvgIpc) is 3.44. The number of nitrogens with one attached hydrogen (secondary N) is 2. The van der Waals surface area contributed by atoms with E-state index in [0.29, 0.717) is 11.7 Å². The van der Waals surface area contributed by atoms with Crippen molar-refractivity contribution in [3.8, 4) is 0 Å². The van der Waals surface area contributed by atoms with Crippen LogP contribution in [-0.2, 0) is 11.3 Å². The van der Waals surface area contributed by atoms with Crippen LogP contribution in [0.4, 0.5) is 11.4 Å². The summed E-state index contributed by atoms with van der Waals surface area (Å²) in [6, 6.07) is 21.6. The van der Waals surface area contributed by atoms with Gasteiger partial charge in [-0.1, -0.05) is 12.1 Å². The maximum Gasteiger partial charge on any atom is 0.221 e. The molecule has 1 aliphatic heterocycles. The van der Waals surface area contributed by atoms with Gasteiger partial charge in [0.15, 0.2) is 5.11 Å². The first-order valence-corrected chi connectivity index (χ1v) is 11.4. The lowest BCUT2D eigenvalue weighted by Crippen LogP contribution is -2.30. The first kappa shape index (κ1) is 21.8. The zero-order chi connectivity index (χ0) is 23.5. The van der Waals surface area contributed by atoms with Gasteiger partial charge in [-0.15, -0.1) is 0 Å². The normalized spacial score (nSPS) is 17.4. The van der Waals surface area contributed by atoms with Gasteiger partial charge in [0.2, 0.25) is 5.91 Å². The van der Waals surface area contributed by atoms with Crippen molar-refractivity contribution in [3.05, 3.63) is 108 Å². The molecule has 4 aromatic rings. The minimum atomic E-state index is -0.133. The third-order valence-electron chi connectivity index (χ3n) is 5.81. The first-order chi connectivity index (χ1) is 16.6. The van der Waals surface area contributed by atoms with E-state index in [0.717, 1.165) is 28.3 Å². The molecule has 0 unspecified atom stereocenters. The van der Waals surface area contributed by atoms with E-state index in [2.05, 4.69) is 54.5 Å². The summed E-state index contributed by atoms with van der Waals surface area (Å²) in [6.45, 7) is 2.20. The van der Waals surface area contributed by atoms with E-state index in [9.17, 15) is 4.79 Å². The minimum absolute atomic E-state index is 0.104. The lowest BCUT2D eigenvalue weighted by Gasteiger charge is -2.29. The lowest BCUT2D eigenvalue weighted by molar-refractivity contribution is -0.114. The molecule has 0 spiro atoms. The monoisotopic (exact) mass is 468 g/mol. The molecule has 4 heterocycles. The van der Waals surface area contributed by atoms with E-state index < -0.39 is 0 Å². The second kappa shape index (κ2) is 9.44. The van der Waals surface area contributed by atoms with Gasteiger partial charge < -0.3 is 20.1 Å². The van der Waals surface area contributed by atoms with Crippen molar-refractivity contribution < 1.29 is 4.79 Å².